The number of nitrogens with one attached hydrogen (secondary N) is 1. The average Bonchev–Trinajstić information content (AvgIpc) is 2.96. The third-order valence-corrected chi connectivity index (χ3v) is 4.75. The normalized spacial score (nSPS) is 12.1. The lowest BCUT2D eigenvalue weighted by Gasteiger charge is -2.04. The highest BCUT2D eigenvalue weighted by Crippen LogP contribution is 2.12. The molecule has 0 aliphatic carbocycles. The molecule has 0 bridgehead atoms. The Morgan fingerprint density at radius 1 is 0.958 bits per heavy atom. The highest BCUT2D eigenvalue weighted by atomic mass is 32.2. The zero-order valence-corrected chi connectivity index (χ0v) is 13.9. The van der Waals surface area contributed by atoms with E-state index in [0.29, 0.717) is 6.42 Å². The summed E-state index contributed by atoms with van der Waals surface area (Å²) in [5.41, 5.74) is 0.785. The maximum atomic E-state index is 11.8. The zero-order chi connectivity index (χ0) is 18.0. The van der Waals surface area contributed by atoms with Gasteiger partial charge >= 0.3 is 0 Å². The number of hydrogen-bond donors (Lipinski definition) is 3. The summed E-state index contributed by atoms with van der Waals surface area (Å²) >= 11 is 0. The molecule has 1 amide bonds. The molecular weight excluding hydrogens is 358 g/mol. The summed E-state index contributed by atoms with van der Waals surface area (Å²) < 4.78 is 49.3. The zero-order valence-electron chi connectivity index (χ0n) is 12.3. The molecule has 0 saturated carbocycles. The van der Waals surface area contributed by atoms with Gasteiger partial charge in [-0.3, -0.25) is 4.79 Å². The number of sulfonamides is 2. The fourth-order valence-electron chi connectivity index (χ4n) is 1.85. The van der Waals surface area contributed by atoms with Crippen molar-refractivity contribution in [3.8, 4) is 0 Å². The summed E-state index contributed by atoms with van der Waals surface area (Å²) in [6, 6.07) is 8.21. The quantitative estimate of drug-likeness (QED) is 0.621. The number of rotatable bonds is 6. The standard InChI is InChI=1S/C13H15N3O6S2/c14-23(18,19)10-3-1-9(2-4-10)7-8-16-13(17)11-5-6-12(22-11)24(15,20)21/h1-6H,7-8H2,(H,16,17)(H2,14,18,19)(H2,15,20,21). The van der Waals surface area contributed by atoms with Crippen molar-refractivity contribution in [3.63, 3.8) is 0 Å². The first-order valence-corrected chi connectivity index (χ1v) is 9.69. The first kappa shape index (κ1) is 18.1. The lowest BCUT2D eigenvalue weighted by atomic mass is 10.1. The fourth-order valence-corrected chi connectivity index (χ4v) is 2.83. The van der Waals surface area contributed by atoms with Gasteiger partial charge in [0.1, 0.15) is 0 Å². The Bertz CT molecular complexity index is 946. The number of hydrogen-bond acceptors (Lipinski definition) is 6. The molecule has 0 fully saturated rings. The molecule has 130 valence electrons. The minimum atomic E-state index is -4.00. The van der Waals surface area contributed by atoms with E-state index in [2.05, 4.69) is 5.32 Å². The van der Waals surface area contributed by atoms with E-state index in [-0.39, 0.29) is 17.2 Å². The van der Waals surface area contributed by atoms with Gasteiger partial charge in [-0.2, -0.15) is 0 Å². The Labute approximate surface area is 138 Å². The van der Waals surface area contributed by atoms with Crippen molar-refractivity contribution in [2.75, 3.05) is 6.54 Å². The van der Waals surface area contributed by atoms with Gasteiger partial charge in [0.15, 0.2) is 5.76 Å². The lowest BCUT2D eigenvalue weighted by Crippen LogP contribution is -2.25. The van der Waals surface area contributed by atoms with Gasteiger partial charge in [0.05, 0.1) is 4.90 Å². The smallest absolute Gasteiger partial charge is 0.287 e. The minimum absolute atomic E-state index is 0.00129. The van der Waals surface area contributed by atoms with Crippen LogP contribution in [0.25, 0.3) is 0 Å². The number of amides is 1. The summed E-state index contributed by atoms with van der Waals surface area (Å²) in [7, 11) is -7.74. The Morgan fingerprint density at radius 2 is 1.58 bits per heavy atom. The molecule has 11 heteroatoms. The molecule has 0 aliphatic heterocycles. The number of furan rings is 1. The molecule has 1 aromatic carbocycles. The predicted octanol–water partition coefficient (Wildman–Crippen LogP) is -0.453. The van der Waals surface area contributed by atoms with E-state index >= 15 is 0 Å². The molecule has 0 radical (unpaired) electrons. The van der Waals surface area contributed by atoms with Gasteiger partial charge in [-0.1, -0.05) is 12.1 Å². The minimum Gasteiger partial charge on any atom is -0.438 e. The molecule has 0 spiro atoms. The van der Waals surface area contributed by atoms with E-state index in [1.165, 1.54) is 18.2 Å². The topological polar surface area (TPSA) is 163 Å². The van der Waals surface area contributed by atoms with Gasteiger partial charge in [0, 0.05) is 6.54 Å². The third kappa shape index (κ3) is 4.64. The second-order valence-electron chi connectivity index (χ2n) is 4.86. The van der Waals surface area contributed by atoms with Crippen LogP contribution in [0.5, 0.6) is 0 Å². The van der Waals surface area contributed by atoms with E-state index in [1.807, 2.05) is 0 Å². The number of nitrogens with two attached hydrogens (primary N) is 2. The molecule has 0 unspecified atom stereocenters. The second kappa shape index (κ2) is 6.73. The summed E-state index contributed by atoms with van der Waals surface area (Å²) in [6.07, 6.45) is 0.430. The van der Waals surface area contributed by atoms with Crippen molar-refractivity contribution in [1.82, 2.24) is 5.32 Å². The van der Waals surface area contributed by atoms with Gasteiger partial charge in [0.25, 0.3) is 15.9 Å². The van der Waals surface area contributed by atoms with Crippen molar-refractivity contribution < 1.29 is 26.0 Å². The maximum absolute atomic E-state index is 11.8. The van der Waals surface area contributed by atoms with Gasteiger partial charge in [0.2, 0.25) is 15.1 Å². The van der Waals surface area contributed by atoms with Crippen LogP contribution in [0.1, 0.15) is 16.1 Å². The number of primary sulfonamides is 2. The lowest BCUT2D eigenvalue weighted by molar-refractivity contribution is 0.0921. The Morgan fingerprint density at radius 3 is 2.08 bits per heavy atom. The molecule has 0 saturated heterocycles. The van der Waals surface area contributed by atoms with Crippen LogP contribution in [0.3, 0.4) is 0 Å². The molecule has 24 heavy (non-hydrogen) atoms. The Hall–Kier alpha value is -2.21. The van der Waals surface area contributed by atoms with Crippen LogP contribution in [-0.2, 0) is 26.5 Å². The van der Waals surface area contributed by atoms with E-state index in [4.69, 9.17) is 14.7 Å². The van der Waals surface area contributed by atoms with Gasteiger partial charge in [-0.05, 0) is 36.2 Å². The van der Waals surface area contributed by atoms with E-state index in [9.17, 15) is 21.6 Å². The van der Waals surface area contributed by atoms with Crippen LogP contribution in [0, 0.1) is 0 Å². The molecule has 0 atom stereocenters. The highest BCUT2D eigenvalue weighted by molar-refractivity contribution is 7.89. The monoisotopic (exact) mass is 373 g/mol. The van der Waals surface area contributed by atoms with Crippen molar-refractivity contribution in [3.05, 3.63) is 47.7 Å². The van der Waals surface area contributed by atoms with Crippen molar-refractivity contribution >= 4 is 26.0 Å². The number of carbonyl (C=O) groups excluding carboxylic acids is 1. The second-order valence-corrected chi connectivity index (χ2v) is 7.91. The van der Waals surface area contributed by atoms with Crippen molar-refractivity contribution in [2.24, 2.45) is 10.3 Å². The van der Waals surface area contributed by atoms with E-state index in [0.717, 1.165) is 11.6 Å². The fraction of sp³-hybridized carbons (Fsp3) is 0.154. The summed E-state index contributed by atoms with van der Waals surface area (Å²) in [5, 5.41) is 11.9. The molecule has 1 aromatic heterocycles. The van der Waals surface area contributed by atoms with E-state index < -0.39 is 31.0 Å². The Balaban J connectivity index is 1.92. The molecule has 5 N–H and O–H groups in total. The van der Waals surface area contributed by atoms with Crippen LogP contribution in [0.2, 0.25) is 0 Å². The van der Waals surface area contributed by atoms with Crippen molar-refractivity contribution in [1.29, 1.82) is 0 Å². The first-order valence-electron chi connectivity index (χ1n) is 6.60. The highest BCUT2D eigenvalue weighted by Gasteiger charge is 2.17. The van der Waals surface area contributed by atoms with Gasteiger partial charge in [-0.15, -0.1) is 0 Å². The molecule has 1 heterocycles. The van der Waals surface area contributed by atoms with Gasteiger partial charge in [-0.25, -0.2) is 27.1 Å². The Kier molecular flexibility index (Phi) is 5.08. The van der Waals surface area contributed by atoms with Crippen LogP contribution in [0.4, 0.5) is 0 Å². The SMILES string of the molecule is NS(=O)(=O)c1ccc(CCNC(=O)c2ccc(S(N)(=O)=O)o2)cc1. The van der Waals surface area contributed by atoms with E-state index in [1.54, 1.807) is 12.1 Å². The van der Waals surface area contributed by atoms with Crippen LogP contribution >= 0.6 is 0 Å². The maximum Gasteiger partial charge on any atom is 0.287 e. The van der Waals surface area contributed by atoms with Crippen molar-refractivity contribution in [2.45, 2.75) is 16.4 Å². The molecular formula is C13H15N3O6S2. The number of carbonyl (C=O) groups is 1. The first-order chi connectivity index (χ1) is 11.1. The largest absolute Gasteiger partial charge is 0.438 e. The molecule has 0 aliphatic rings. The van der Waals surface area contributed by atoms with Crippen LogP contribution in [-0.4, -0.2) is 29.3 Å². The summed E-state index contributed by atoms with van der Waals surface area (Å²) in [4.78, 5) is 11.8. The third-order valence-electron chi connectivity index (χ3n) is 3.04. The van der Waals surface area contributed by atoms with Gasteiger partial charge < -0.3 is 9.73 Å². The summed E-state index contributed by atoms with van der Waals surface area (Å²) in [5.74, 6) is -0.769. The average molecular weight is 373 g/mol. The summed E-state index contributed by atoms with van der Waals surface area (Å²) in [6.45, 7) is 0.235. The predicted molar refractivity (Wildman–Crippen MR) is 83.9 cm³/mol. The molecule has 2 rings (SSSR count). The number of benzene rings is 1. The van der Waals surface area contributed by atoms with Crippen LogP contribution in [0.15, 0.2) is 50.8 Å². The van der Waals surface area contributed by atoms with Crippen LogP contribution < -0.4 is 15.6 Å². The molecule has 2 aromatic rings. The molecule has 9 nitrogen and oxygen atoms in total.